The first-order valence-electron chi connectivity index (χ1n) is 5.30. The minimum Gasteiger partial charge on any atom is -0.329 e. The molecule has 18 heavy (non-hydrogen) atoms. The Labute approximate surface area is 118 Å². The van der Waals surface area contributed by atoms with Crippen molar-refractivity contribution in [3.8, 4) is 0 Å². The van der Waals surface area contributed by atoms with Gasteiger partial charge in [0.1, 0.15) is 0 Å². The van der Waals surface area contributed by atoms with Crippen LogP contribution in [0.2, 0.25) is 10.3 Å². The van der Waals surface area contributed by atoms with Crippen LogP contribution in [0.15, 0.2) is 52.3 Å². The molecule has 0 aliphatic carbocycles. The van der Waals surface area contributed by atoms with Gasteiger partial charge < -0.3 is 4.98 Å². The number of nitrogens with one attached hydrogen (secondary N) is 1. The summed E-state index contributed by atoms with van der Waals surface area (Å²) in [6.45, 7) is 0. The molecule has 1 heterocycles. The zero-order valence-electron chi connectivity index (χ0n) is 9.15. The third-order valence-electron chi connectivity index (χ3n) is 2.48. The second kappa shape index (κ2) is 4.84. The number of aromatic amines is 1. The van der Waals surface area contributed by atoms with E-state index in [1.165, 1.54) is 0 Å². The third kappa shape index (κ3) is 2.34. The van der Waals surface area contributed by atoms with Crippen LogP contribution in [0, 0.1) is 0 Å². The number of halogens is 2. The highest BCUT2D eigenvalue weighted by molar-refractivity contribution is 7.99. The molecule has 0 radical (unpaired) electrons. The molecule has 0 unspecified atom stereocenters. The van der Waals surface area contributed by atoms with Gasteiger partial charge >= 0.3 is 0 Å². The Kier molecular flexibility index (Phi) is 3.20. The number of fused-ring (bicyclic) bond motifs is 1. The maximum atomic E-state index is 6.25. The molecular weight excluding hydrogens is 287 g/mol. The van der Waals surface area contributed by atoms with Gasteiger partial charge in [-0.2, -0.15) is 0 Å². The largest absolute Gasteiger partial charge is 0.329 e. The van der Waals surface area contributed by atoms with Crippen LogP contribution < -0.4 is 0 Å². The molecule has 2 aromatic carbocycles. The first kappa shape index (κ1) is 11.9. The fourth-order valence-electron chi connectivity index (χ4n) is 1.67. The summed E-state index contributed by atoms with van der Waals surface area (Å²) in [6.07, 6.45) is 0. The van der Waals surface area contributed by atoms with E-state index in [2.05, 4.69) is 9.97 Å². The molecule has 0 saturated heterocycles. The van der Waals surface area contributed by atoms with Gasteiger partial charge in [-0.3, -0.25) is 0 Å². The van der Waals surface area contributed by atoms with E-state index >= 15 is 0 Å². The minimum atomic E-state index is 0.378. The molecule has 0 aliphatic rings. The molecule has 90 valence electrons. The summed E-state index contributed by atoms with van der Waals surface area (Å²) in [5.41, 5.74) is 1.67. The molecule has 3 aromatic rings. The summed E-state index contributed by atoms with van der Waals surface area (Å²) in [5.74, 6) is 0. The second-order valence-corrected chi connectivity index (χ2v) is 5.62. The number of nitrogens with zero attached hydrogens (tertiary/aromatic N) is 1. The highest BCUT2D eigenvalue weighted by Crippen LogP contribution is 2.35. The second-order valence-electron chi connectivity index (χ2n) is 3.74. The Morgan fingerprint density at radius 2 is 1.83 bits per heavy atom. The molecule has 0 bridgehead atoms. The highest BCUT2D eigenvalue weighted by atomic mass is 35.5. The summed E-state index contributed by atoms with van der Waals surface area (Å²) < 4.78 is 0. The first-order valence-corrected chi connectivity index (χ1v) is 6.87. The smallest absolute Gasteiger partial charge is 0.201 e. The van der Waals surface area contributed by atoms with Crippen LogP contribution in [0.25, 0.3) is 11.0 Å². The normalized spacial score (nSPS) is 11.0. The van der Waals surface area contributed by atoms with Crippen molar-refractivity contribution < 1.29 is 0 Å². The van der Waals surface area contributed by atoms with E-state index < -0.39 is 0 Å². The molecule has 0 saturated carbocycles. The van der Waals surface area contributed by atoms with Crippen molar-refractivity contribution in [2.24, 2.45) is 0 Å². The number of hydrogen-bond donors (Lipinski definition) is 1. The number of hydrogen-bond acceptors (Lipinski definition) is 2. The SMILES string of the molecule is Clc1nc2cc(Sc3ccccc3)c(Cl)cc2[nH]1. The molecule has 5 heteroatoms. The van der Waals surface area contributed by atoms with Gasteiger partial charge in [-0.05, 0) is 35.9 Å². The lowest BCUT2D eigenvalue weighted by Crippen LogP contribution is -1.77. The average molecular weight is 295 g/mol. The zero-order chi connectivity index (χ0) is 12.5. The van der Waals surface area contributed by atoms with Crippen LogP contribution in [-0.2, 0) is 0 Å². The number of aromatic nitrogens is 2. The fourth-order valence-corrected chi connectivity index (χ4v) is 3.02. The molecule has 0 amide bonds. The molecular formula is C13H8Cl2N2S. The van der Waals surface area contributed by atoms with E-state index in [0.29, 0.717) is 10.3 Å². The van der Waals surface area contributed by atoms with Crippen LogP contribution in [-0.4, -0.2) is 9.97 Å². The summed E-state index contributed by atoms with van der Waals surface area (Å²) in [5, 5.41) is 1.07. The fraction of sp³-hybridized carbons (Fsp3) is 0. The summed E-state index contributed by atoms with van der Waals surface area (Å²) in [4.78, 5) is 9.26. The molecule has 3 rings (SSSR count). The molecule has 2 nitrogen and oxygen atoms in total. The van der Waals surface area contributed by atoms with Crippen molar-refractivity contribution in [2.75, 3.05) is 0 Å². The van der Waals surface area contributed by atoms with E-state index in [9.17, 15) is 0 Å². The van der Waals surface area contributed by atoms with Gasteiger partial charge in [0, 0.05) is 9.79 Å². The zero-order valence-corrected chi connectivity index (χ0v) is 11.5. The minimum absolute atomic E-state index is 0.378. The van der Waals surface area contributed by atoms with Crippen LogP contribution in [0.4, 0.5) is 0 Å². The Hall–Kier alpha value is -1.16. The maximum Gasteiger partial charge on any atom is 0.201 e. The Morgan fingerprint density at radius 1 is 1.06 bits per heavy atom. The predicted molar refractivity (Wildman–Crippen MR) is 76.7 cm³/mol. The van der Waals surface area contributed by atoms with Crippen molar-refractivity contribution in [2.45, 2.75) is 9.79 Å². The quantitative estimate of drug-likeness (QED) is 0.719. The monoisotopic (exact) mass is 294 g/mol. The van der Waals surface area contributed by atoms with Crippen LogP contribution in [0.1, 0.15) is 0 Å². The number of rotatable bonds is 2. The molecule has 0 fully saturated rings. The number of imidazole rings is 1. The van der Waals surface area contributed by atoms with Crippen LogP contribution >= 0.6 is 35.0 Å². The highest BCUT2D eigenvalue weighted by Gasteiger charge is 2.08. The number of benzene rings is 2. The van der Waals surface area contributed by atoms with E-state index in [0.717, 1.165) is 20.8 Å². The average Bonchev–Trinajstić information content (AvgIpc) is 2.70. The topological polar surface area (TPSA) is 28.7 Å². The summed E-state index contributed by atoms with van der Waals surface area (Å²) >= 11 is 13.7. The predicted octanol–water partition coefficient (Wildman–Crippen LogP) is 5.02. The Balaban J connectivity index is 2.03. The van der Waals surface area contributed by atoms with Gasteiger partial charge in [0.15, 0.2) is 0 Å². The molecule has 0 aliphatic heterocycles. The van der Waals surface area contributed by atoms with E-state index in [-0.39, 0.29) is 0 Å². The maximum absolute atomic E-state index is 6.25. The van der Waals surface area contributed by atoms with Crippen molar-refractivity contribution in [3.63, 3.8) is 0 Å². The van der Waals surface area contributed by atoms with Crippen molar-refractivity contribution in [1.82, 2.24) is 9.97 Å². The van der Waals surface area contributed by atoms with Crippen molar-refractivity contribution in [3.05, 3.63) is 52.8 Å². The van der Waals surface area contributed by atoms with Gasteiger partial charge in [-0.25, -0.2) is 4.98 Å². The third-order valence-corrected chi connectivity index (χ3v) is 4.15. The lowest BCUT2D eigenvalue weighted by molar-refractivity contribution is 1.34. The summed E-state index contributed by atoms with van der Waals surface area (Å²) in [6, 6.07) is 13.9. The van der Waals surface area contributed by atoms with Gasteiger partial charge in [-0.15, -0.1) is 0 Å². The van der Waals surface area contributed by atoms with Crippen LogP contribution in [0.3, 0.4) is 0 Å². The Morgan fingerprint density at radius 3 is 2.61 bits per heavy atom. The van der Waals surface area contributed by atoms with Gasteiger partial charge in [0.05, 0.1) is 16.1 Å². The lowest BCUT2D eigenvalue weighted by atomic mass is 10.3. The van der Waals surface area contributed by atoms with E-state index in [1.54, 1.807) is 11.8 Å². The molecule has 0 atom stereocenters. The van der Waals surface area contributed by atoms with Crippen LogP contribution in [0.5, 0.6) is 0 Å². The molecule has 0 spiro atoms. The van der Waals surface area contributed by atoms with Crippen molar-refractivity contribution >= 4 is 46.0 Å². The summed E-state index contributed by atoms with van der Waals surface area (Å²) in [7, 11) is 0. The van der Waals surface area contributed by atoms with E-state index in [4.69, 9.17) is 23.2 Å². The van der Waals surface area contributed by atoms with Gasteiger partial charge in [0.25, 0.3) is 0 Å². The number of H-pyrrole nitrogens is 1. The Bertz CT molecular complexity index is 695. The first-order chi connectivity index (χ1) is 8.72. The van der Waals surface area contributed by atoms with E-state index in [1.807, 2.05) is 42.5 Å². The lowest BCUT2D eigenvalue weighted by Gasteiger charge is -2.03. The van der Waals surface area contributed by atoms with Gasteiger partial charge in [0.2, 0.25) is 5.28 Å². The van der Waals surface area contributed by atoms with Gasteiger partial charge in [-0.1, -0.05) is 41.6 Å². The standard InChI is InChI=1S/C13H8Cl2N2S/c14-9-6-10-11(17-13(15)16-10)7-12(9)18-8-4-2-1-3-5-8/h1-7H,(H,16,17). The molecule has 1 aromatic heterocycles. The molecule has 1 N–H and O–H groups in total. The van der Waals surface area contributed by atoms with Crippen molar-refractivity contribution in [1.29, 1.82) is 0 Å².